The summed E-state index contributed by atoms with van der Waals surface area (Å²) >= 11 is 0. The third kappa shape index (κ3) is 3.75. The monoisotopic (exact) mass is 366 g/mol. The molecule has 1 spiro atoms. The summed E-state index contributed by atoms with van der Waals surface area (Å²) in [5.74, 6) is 0.278. The Balaban J connectivity index is 1.48. The molecule has 1 unspecified atom stereocenters. The minimum Gasteiger partial charge on any atom is -0.357 e. The van der Waals surface area contributed by atoms with Crippen LogP contribution in [0, 0.1) is 12.3 Å². The van der Waals surface area contributed by atoms with E-state index >= 15 is 0 Å². The van der Waals surface area contributed by atoms with Gasteiger partial charge in [-0.2, -0.15) is 0 Å². The number of carbonyl (C=O) groups is 2. The second-order valence-electron chi connectivity index (χ2n) is 8.03. The van der Waals surface area contributed by atoms with Crippen LogP contribution in [0.5, 0.6) is 0 Å². The third-order valence-electron chi connectivity index (χ3n) is 5.88. The molecule has 2 aliphatic heterocycles. The molecular formula is C21H26N4O2. The van der Waals surface area contributed by atoms with Gasteiger partial charge in [-0.1, -0.05) is 0 Å². The maximum Gasteiger partial charge on any atom is 0.270 e. The Hall–Kier alpha value is -2.63. The van der Waals surface area contributed by atoms with Crippen LogP contribution in [0.2, 0.25) is 0 Å². The number of piperidine rings is 2. The molecule has 1 atom stereocenters. The number of aromatic nitrogens is 2. The Morgan fingerprint density at radius 1 is 1.26 bits per heavy atom. The first-order valence-electron chi connectivity index (χ1n) is 9.66. The SMILES string of the molecule is Cc1c[nH]c(C(=O)N2CCCC3(CCC(=O)N(Cc4ccncc4)C3)C2)c1. The van der Waals surface area contributed by atoms with E-state index < -0.39 is 0 Å². The molecule has 2 saturated heterocycles. The van der Waals surface area contributed by atoms with E-state index in [2.05, 4.69) is 9.97 Å². The quantitative estimate of drug-likeness (QED) is 0.908. The highest BCUT2D eigenvalue weighted by Crippen LogP contribution is 2.39. The smallest absolute Gasteiger partial charge is 0.270 e. The molecule has 2 amide bonds. The predicted octanol–water partition coefficient (Wildman–Crippen LogP) is 2.76. The van der Waals surface area contributed by atoms with Gasteiger partial charge >= 0.3 is 0 Å². The van der Waals surface area contributed by atoms with Gasteiger partial charge in [0.25, 0.3) is 5.91 Å². The van der Waals surface area contributed by atoms with Gasteiger partial charge in [0.15, 0.2) is 0 Å². The first-order valence-corrected chi connectivity index (χ1v) is 9.66. The van der Waals surface area contributed by atoms with Gasteiger partial charge in [0, 0.05) is 56.6 Å². The summed E-state index contributed by atoms with van der Waals surface area (Å²) < 4.78 is 0. The molecule has 6 nitrogen and oxygen atoms in total. The summed E-state index contributed by atoms with van der Waals surface area (Å²) in [5.41, 5.74) is 2.83. The standard InChI is InChI=1S/C21H26N4O2/c1-16-11-18(23-12-16)20(27)24-10-2-6-21(14-24)7-3-19(26)25(15-21)13-17-4-8-22-9-5-17/h4-5,8-9,11-12,23H,2-3,6-7,10,13-15H2,1H3. The van der Waals surface area contributed by atoms with Crippen LogP contribution in [0.1, 0.15) is 47.3 Å². The molecule has 2 aliphatic rings. The van der Waals surface area contributed by atoms with Gasteiger partial charge in [-0.15, -0.1) is 0 Å². The average Bonchev–Trinajstić information content (AvgIpc) is 3.12. The van der Waals surface area contributed by atoms with E-state index in [1.54, 1.807) is 12.4 Å². The fourth-order valence-electron chi connectivity index (χ4n) is 4.47. The van der Waals surface area contributed by atoms with Crippen LogP contribution in [0.25, 0.3) is 0 Å². The molecule has 2 aromatic heterocycles. The van der Waals surface area contributed by atoms with E-state index in [0.29, 0.717) is 18.7 Å². The van der Waals surface area contributed by atoms with E-state index in [1.165, 1.54) is 0 Å². The van der Waals surface area contributed by atoms with E-state index in [4.69, 9.17) is 0 Å². The molecule has 2 fully saturated rings. The molecule has 0 radical (unpaired) electrons. The Bertz CT molecular complexity index is 832. The largest absolute Gasteiger partial charge is 0.357 e. The lowest BCUT2D eigenvalue weighted by atomic mass is 9.73. The number of H-pyrrole nitrogens is 1. The van der Waals surface area contributed by atoms with Crippen molar-refractivity contribution in [2.75, 3.05) is 19.6 Å². The molecule has 142 valence electrons. The average molecular weight is 366 g/mol. The number of carbonyl (C=O) groups excluding carboxylic acids is 2. The fraction of sp³-hybridized carbons (Fsp3) is 0.476. The molecule has 1 N–H and O–H groups in total. The zero-order chi connectivity index (χ0) is 18.9. The van der Waals surface area contributed by atoms with Gasteiger partial charge < -0.3 is 14.8 Å². The van der Waals surface area contributed by atoms with Crippen molar-refractivity contribution in [1.82, 2.24) is 19.8 Å². The van der Waals surface area contributed by atoms with Gasteiger partial charge in [-0.3, -0.25) is 14.6 Å². The van der Waals surface area contributed by atoms with E-state index in [9.17, 15) is 9.59 Å². The molecule has 0 saturated carbocycles. The summed E-state index contributed by atoms with van der Waals surface area (Å²) in [6.45, 7) is 4.84. The summed E-state index contributed by atoms with van der Waals surface area (Å²) in [7, 11) is 0. The zero-order valence-electron chi connectivity index (χ0n) is 15.8. The minimum absolute atomic E-state index is 0.0104. The maximum absolute atomic E-state index is 12.9. The first-order chi connectivity index (χ1) is 13.0. The highest BCUT2D eigenvalue weighted by Gasteiger charge is 2.42. The number of rotatable bonds is 3. The van der Waals surface area contributed by atoms with Crippen LogP contribution in [0.4, 0.5) is 0 Å². The Morgan fingerprint density at radius 3 is 2.81 bits per heavy atom. The number of likely N-dealkylation sites (tertiary alicyclic amines) is 2. The number of hydrogen-bond donors (Lipinski definition) is 1. The van der Waals surface area contributed by atoms with Crippen molar-refractivity contribution in [3.8, 4) is 0 Å². The number of aromatic amines is 1. The van der Waals surface area contributed by atoms with Crippen molar-refractivity contribution in [3.05, 3.63) is 53.6 Å². The van der Waals surface area contributed by atoms with Crippen LogP contribution < -0.4 is 0 Å². The lowest BCUT2D eigenvalue weighted by Gasteiger charge is -2.48. The fourth-order valence-corrected chi connectivity index (χ4v) is 4.47. The van der Waals surface area contributed by atoms with E-state index in [-0.39, 0.29) is 17.2 Å². The molecule has 2 aromatic rings. The van der Waals surface area contributed by atoms with Crippen molar-refractivity contribution in [3.63, 3.8) is 0 Å². The van der Waals surface area contributed by atoms with E-state index in [1.807, 2.05) is 41.1 Å². The maximum atomic E-state index is 12.9. The molecule has 4 heterocycles. The number of nitrogens with zero attached hydrogens (tertiary/aromatic N) is 3. The highest BCUT2D eigenvalue weighted by molar-refractivity contribution is 5.92. The normalized spacial score (nSPS) is 23.1. The van der Waals surface area contributed by atoms with Crippen molar-refractivity contribution in [2.45, 2.75) is 39.2 Å². The lowest BCUT2D eigenvalue weighted by Crippen LogP contribution is -2.54. The van der Waals surface area contributed by atoms with Crippen LogP contribution in [-0.2, 0) is 11.3 Å². The number of amides is 2. The first kappa shape index (κ1) is 17.8. The van der Waals surface area contributed by atoms with E-state index in [0.717, 1.165) is 50.0 Å². The molecule has 27 heavy (non-hydrogen) atoms. The van der Waals surface area contributed by atoms with Crippen molar-refractivity contribution in [2.24, 2.45) is 5.41 Å². The lowest BCUT2D eigenvalue weighted by molar-refractivity contribution is -0.139. The second-order valence-corrected chi connectivity index (χ2v) is 8.03. The molecule has 0 bridgehead atoms. The van der Waals surface area contributed by atoms with Gasteiger partial charge in [0.2, 0.25) is 5.91 Å². The summed E-state index contributed by atoms with van der Waals surface area (Å²) in [6, 6.07) is 5.82. The molecule has 4 rings (SSSR count). The van der Waals surface area contributed by atoms with Crippen molar-refractivity contribution >= 4 is 11.8 Å². The number of hydrogen-bond acceptors (Lipinski definition) is 3. The second kappa shape index (κ2) is 7.18. The molecule has 0 aliphatic carbocycles. The Kier molecular flexibility index (Phi) is 4.72. The predicted molar refractivity (Wildman–Crippen MR) is 102 cm³/mol. The number of nitrogens with one attached hydrogen (secondary N) is 1. The summed E-state index contributed by atoms with van der Waals surface area (Å²) in [5, 5.41) is 0. The van der Waals surface area contributed by atoms with Crippen LogP contribution in [-0.4, -0.2) is 51.2 Å². The number of pyridine rings is 1. The van der Waals surface area contributed by atoms with Gasteiger partial charge in [-0.25, -0.2) is 0 Å². The molecule has 6 heteroatoms. The van der Waals surface area contributed by atoms with Gasteiger partial charge in [0.1, 0.15) is 5.69 Å². The van der Waals surface area contributed by atoms with Crippen LogP contribution >= 0.6 is 0 Å². The Labute approximate surface area is 159 Å². The van der Waals surface area contributed by atoms with Crippen LogP contribution in [0.3, 0.4) is 0 Å². The molecule has 0 aromatic carbocycles. The highest BCUT2D eigenvalue weighted by atomic mass is 16.2. The topological polar surface area (TPSA) is 69.3 Å². The zero-order valence-corrected chi connectivity index (χ0v) is 15.8. The van der Waals surface area contributed by atoms with Gasteiger partial charge in [-0.05, 0) is 55.5 Å². The molecular weight excluding hydrogens is 340 g/mol. The van der Waals surface area contributed by atoms with Crippen LogP contribution in [0.15, 0.2) is 36.8 Å². The third-order valence-corrected chi connectivity index (χ3v) is 5.88. The Morgan fingerprint density at radius 2 is 2.07 bits per heavy atom. The number of aryl methyl sites for hydroxylation is 1. The van der Waals surface area contributed by atoms with Gasteiger partial charge in [0.05, 0.1) is 0 Å². The van der Waals surface area contributed by atoms with Crippen molar-refractivity contribution in [1.29, 1.82) is 0 Å². The minimum atomic E-state index is 0.0104. The summed E-state index contributed by atoms with van der Waals surface area (Å²) in [4.78, 5) is 36.4. The summed E-state index contributed by atoms with van der Waals surface area (Å²) in [6.07, 6.45) is 8.88. The van der Waals surface area contributed by atoms with Crippen molar-refractivity contribution < 1.29 is 9.59 Å².